The molecule has 1 N–H and O–H groups in total. The highest BCUT2D eigenvalue weighted by Crippen LogP contribution is 2.18. The predicted octanol–water partition coefficient (Wildman–Crippen LogP) is -0.637. The first-order chi connectivity index (χ1) is 12.1. The van der Waals surface area contributed by atoms with E-state index < -0.39 is 17.9 Å². The van der Waals surface area contributed by atoms with Crippen LogP contribution in [0.1, 0.15) is 16.8 Å². The number of hydrogen-bond acceptors (Lipinski definition) is 7. The SMILES string of the molecule is COC(=O)[C@@H]1CNC(=O)CN1C(=O)c1ccnc(O[C@@H]2CCOC2)c1. The molecule has 0 unspecified atom stereocenters. The lowest BCUT2D eigenvalue weighted by Crippen LogP contribution is -2.59. The Morgan fingerprint density at radius 2 is 2.28 bits per heavy atom. The van der Waals surface area contributed by atoms with Crippen molar-refractivity contribution in [3.05, 3.63) is 23.9 Å². The fourth-order valence-electron chi connectivity index (χ4n) is 2.75. The van der Waals surface area contributed by atoms with Crippen molar-refractivity contribution in [2.45, 2.75) is 18.6 Å². The second-order valence-electron chi connectivity index (χ2n) is 5.76. The Hall–Kier alpha value is -2.68. The predicted molar refractivity (Wildman–Crippen MR) is 83.9 cm³/mol. The highest BCUT2D eigenvalue weighted by atomic mass is 16.5. The number of pyridine rings is 1. The number of nitrogens with zero attached hydrogens (tertiary/aromatic N) is 2. The minimum atomic E-state index is -0.865. The summed E-state index contributed by atoms with van der Waals surface area (Å²) in [6.45, 7) is 0.919. The van der Waals surface area contributed by atoms with Crippen molar-refractivity contribution < 1.29 is 28.6 Å². The second kappa shape index (κ2) is 7.47. The first-order valence-corrected chi connectivity index (χ1v) is 7.94. The standard InChI is InChI=1S/C16H19N3O6/c1-23-16(22)12-7-18-13(20)8-19(12)15(21)10-2-4-17-14(6-10)25-11-3-5-24-9-11/h2,4,6,11-12H,3,5,7-9H2,1H3,(H,18,20)/t11-,12+/m1/s1. The van der Waals surface area contributed by atoms with E-state index in [1.807, 2.05) is 0 Å². The van der Waals surface area contributed by atoms with Crippen molar-refractivity contribution in [2.24, 2.45) is 0 Å². The van der Waals surface area contributed by atoms with Crippen LogP contribution in [0.5, 0.6) is 5.88 Å². The van der Waals surface area contributed by atoms with E-state index in [1.165, 1.54) is 30.3 Å². The number of rotatable bonds is 4. The largest absolute Gasteiger partial charge is 0.472 e. The van der Waals surface area contributed by atoms with Gasteiger partial charge in [-0.15, -0.1) is 0 Å². The van der Waals surface area contributed by atoms with E-state index in [4.69, 9.17) is 14.2 Å². The number of piperazine rings is 1. The molecule has 0 spiro atoms. The second-order valence-corrected chi connectivity index (χ2v) is 5.76. The third-order valence-electron chi connectivity index (χ3n) is 4.07. The average molecular weight is 349 g/mol. The van der Waals surface area contributed by atoms with E-state index in [0.29, 0.717) is 19.1 Å². The topological polar surface area (TPSA) is 107 Å². The van der Waals surface area contributed by atoms with Gasteiger partial charge in [0.1, 0.15) is 18.7 Å². The van der Waals surface area contributed by atoms with Crippen LogP contribution in [0.25, 0.3) is 0 Å². The minimum Gasteiger partial charge on any atom is -0.472 e. The Balaban J connectivity index is 1.78. The van der Waals surface area contributed by atoms with E-state index in [2.05, 4.69) is 10.3 Å². The molecule has 2 amide bonds. The number of methoxy groups -OCH3 is 1. The van der Waals surface area contributed by atoms with Crippen LogP contribution in [0.2, 0.25) is 0 Å². The van der Waals surface area contributed by atoms with Gasteiger partial charge < -0.3 is 24.4 Å². The zero-order valence-electron chi connectivity index (χ0n) is 13.8. The summed E-state index contributed by atoms with van der Waals surface area (Å²) < 4.78 is 15.7. The molecule has 0 aromatic carbocycles. The highest BCUT2D eigenvalue weighted by Gasteiger charge is 2.36. The van der Waals surface area contributed by atoms with Gasteiger partial charge in [-0.1, -0.05) is 0 Å². The maximum atomic E-state index is 12.8. The maximum Gasteiger partial charge on any atom is 0.330 e. The quantitative estimate of drug-likeness (QED) is 0.721. The lowest BCUT2D eigenvalue weighted by Gasteiger charge is -2.33. The Labute approximate surface area is 144 Å². The van der Waals surface area contributed by atoms with Gasteiger partial charge in [0.25, 0.3) is 5.91 Å². The summed E-state index contributed by atoms with van der Waals surface area (Å²) in [7, 11) is 1.24. The molecule has 0 radical (unpaired) electrons. The minimum absolute atomic E-state index is 0.0189. The molecule has 0 saturated carbocycles. The average Bonchev–Trinajstić information content (AvgIpc) is 3.13. The van der Waals surface area contributed by atoms with Crippen LogP contribution in [0.3, 0.4) is 0 Å². The van der Waals surface area contributed by atoms with Crippen LogP contribution >= 0.6 is 0 Å². The first-order valence-electron chi connectivity index (χ1n) is 7.94. The summed E-state index contributed by atoms with van der Waals surface area (Å²) in [5.74, 6) is -1.07. The van der Waals surface area contributed by atoms with E-state index in [0.717, 1.165) is 6.42 Å². The molecule has 1 aromatic heterocycles. The molecular weight excluding hydrogens is 330 g/mol. The number of carbonyl (C=O) groups is 3. The van der Waals surface area contributed by atoms with Gasteiger partial charge in [0.2, 0.25) is 11.8 Å². The number of nitrogens with one attached hydrogen (secondary N) is 1. The number of ether oxygens (including phenoxy) is 3. The Morgan fingerprint density at radius 3 is 3.00 bits per heavy atom. The summed E-state index contributed by atoms with van der Waals surface area (Å²) in [6.07, 6.45) is 2.12. The summed E-state index contributed by atoms with van der Waals surface area (Å²) in [5.41, 5.74) is 0.285. The number of carbonyl (C=O) groups excluding carboxylic acids is 3. The summed E-state index contributed by atoms with van der Waals surface area (Å²) in [6, 6.07) is 2.15. The smallest absolute Gasteiger partial charge is 0.330 e. The van der Waals surface area contributed by atoms with Crippen LogP contribution in [-0.4, -0.2) is 73.2 Å². The van der Waals surface area contributed by atoms with E-state index in [9.17, 15) is 14.4 Å². The van der Waals surface area contributed by atoms with Crippen LogP contribution < -0.4 is 10.1 Å². The van der Waals surface area contributed by atoms with Crippen LogP contribution in [0.15, 0.2) is 18.3 Å². The van der Waals surface area contributed by atoms with Gasteiger partial charge in [0.05, 0.1) is 20.3 Å². The fourth-order valence-corrected chi connectivity index (χ4v) is 2.75. The molecule has 1 aromatic rings. The maximum absolute atomic E-state index is 12.8. The fraction of sp³-hybridized carbons (Fsp3) is 0.500. The third kappa shape index (κ3) is 3.87. The Morgan fingerprint density at radius 1 is 1.44 bits per heavy atom. The van der Waals surface area contributed by atoms with Crippen molar-refractivity contribution in [2.75, 3.05) is 33.4 Å². The third-order valence-corrected chi connectivity index (χ3v) is 4.07. The molecule has 25 heavy (non-hydrogen) atoms. The molecule has 2 aliphatic heterocycles. The Bertz CT molecular complexity index is 674. The van der Waals surface area contributed by atoms with Gasteiger partial charge in [-0.3, -0.25) is 9.59 Å². The van der Waals surface area contributed by atoms with E-state index >= 15 is 0 Å². The molecule has 2 fully saturated rings. The van der Waals surface area contributed by atoms with Crippen LogP contribution in [0, 0.1) is 0 Å². The normalized spacial score (nSPS) is 23.1. The van der Waals surface area contributed by atoms with Gasteiger partial charge in [0.15, 0.2) is 0 Å². The molecule has 0 bridgehead atoms. The van der Waals surface area contributed by atoms with E-state index in [1.54, 1.807) is 0 Å². The van der Waals surface area contributed by atoms with Gasteiger partial charge in [-0.2, -0.15) is 0 Å². The van der Waals surface area contributed by atoms with Crippen molar-refractivity contribution in [1.82, 2.24) is 15.2 Å². The lowest BCUT2D eigenvalue weighted by atomic mass is 10.1. The molecule has 9 heteroatoms. The molecule has 9 nitrogen and oxygen atoms in total. The summed E-state index contributed by atoms with van der Waals surface area (Å²) >= 11 is 0. The molecule has 3 rings (SSSR count). The number of hydrogen-bond donors (Lipinski definition) is 1. The van der Waals surface area contributed by atoms with Crippen molar-refractivity contribution >= 4 is 17.8 Å². The molecular formula is C16H19N3O6. The zero-order chi connectivity index (χ0) is 17.8. The van der Waals surface area contributed by atoms with Crippen LogP contribution in [0.4, 0.5) is 0 Å². The molecule has 134 valence electrons. The van der Waals surface area contributed by atoms with Crippen molar-refractivity contribution in [3.63, 3.8) is 0 Å². The van der Waals surface area contributed by atoms with Gasteiger partial charge in [0, 0.05) is 30.8 Å². The van der Waals surface area contributed by atoms with Gasteiger partial charge >= 0.3 is 5.97 Å². The molecule has 0 aliphatic carbocycles. The number of aromatic nitrogens is 1. The monoisotopic (exact) mass is 349 g/mol. The molecule has 2 aliphatic rings. The first kappa shape index (κ1) is 17.2. The summed E-state index contributed by atoms with van der Waals surface area (Å²) in [4.78, 5) is 41.6. The molecule has 2 saturated heterocycles. The lowest BCUT2D eigenvalue weighted by molar-refractivity contribution is -0.147. The van der Waals surface area contributed by atoms with Crippen molar-refractivity contribution in [1.29, 1.82) is 0 Å². The molecule has 2 atom stereocenters. The highest BCUT2D eigenvalue weighted by molar-refractivity contribution is 6.00. The number of amides is 2. The zero-order valence-corrected chi connectivity index (χ0v) is 13.8. The van der Waals surface area contributed by atoms with Crippen molar-refractivity contribution in [3.8, 4) is 5.88 Å². The van der Waals surface area contributed by atoms with Gasteiger partial charge in [-0.25, -0.2) is 9.78 Å². The Kier molecular flexibility index (Phi) is 5.13. The number of esters is 1. The summed E-state index contributed by atoms with van der Waals surface area (Å²) in [5, 5.41) is 2.56. The van der Waals surface area contributed by atoms with Crippen LogP contribution in [-0.2, 0) is 19.1 Å². The van der Waals surface area contributed by atoms with Gasteiger partial charge in [-0.05, 0) is 6.07 Å². The van der Waals surface area contributed by atoms with E-state index in [-0.39, 0.29) is 30.7 Å². The molecule has 3 heterocycles.